The van der Waals surface area contributed by atoms with E-state index in [2.05, 4.69) is 15.5 Å². The average Bonchev–Trinajstić information content (AvgIpc) is 3.18. The highest BCUT2D eigenvalue weighted by molar-refractivity contribution is 5.91. The zero-order chi connectivity index (χ0) is 16.7. The first-order chi connectivity index (χ1) is 11.6. The Balaban J connectivity index is 1.52. The normalized spacial score (nSPS) is 21.0. The van der Waals surface area contributed by atoms with Crippen molar-refractivity contribution in [1.29, 1.82) is 0 Å². The molecule has 0 radical (unpaired) electrons. The molecule has 2 amide bonds. The van der Waals surface area contributed by atoms with Crippen LogP contribution in [0.5, 0.6) is 5.75 Å². The minimum Gasteiger partial charge on any atom is -0.459 e. The van der Waals surface area contributed by atoms with Gasteiger partial charge >= 0.3 is 6.09 Å². The SMILES string of the molecule is CC(=O)NC[C@H]1CN(c2ccc3c(c2)OC=C2N=NCN23)C(=O)O1. The number of hydrogen-bond donors (Lipinski definition) is 1. The van der Waals surface area contributed by atoms with Crippen LogP contribution >= 0.6 is 0 Å². The summed E-state index contributed by atoms with van der Waals surface area (Å²) in [5.41, 5.74) is 1.53. The van der Waals surface area contributed by atoms with E-state index in [1.54, 1.807) is 6.07 Å². The molecule has 1 saturated heterocycles. The van der Waals surface area contributed by atoms with Crippen molar-refractivity contribution in [3.8, 4) is 5.75 Å². The Bertz CT molecular complexity index is 775. The van der Waals surface area contributed by atoms with E-state index in [9.17, 15) is 9.59 Å². The van der Waals surface area contributed by atoms with Crippen LogP contribution in [0.3, 0.4) is 0 Å². The number of nitrogens with zero attached hydrogens (tertiary/aromatic N) is 4. The molecule has 1 N–H and O–H groups in total. The fourth-order valence-electron chi connectivity index (χ4n) is 2.78. The molecule has 1 aromatic rings. The monoisotopic (exact) mass is 329 g/mol. The number of nitrogens with one attached hydrogen (secondary N) is 1. The number of carbonyl (C=O) groups excluding carboxylic acids is 2. The van der Waals surface area contributed by atoms with E-state index < -0.39 is 6.09 Å². The lowest BCUT2D eigenvalue weighted by atomic mass is 10.2. The van der Waals surface area contributed by atoms with Crippen LogP contribution in [0.1, 0.15) is 6.92 Å². The highest BCUT2D eigenvalue weighted by Gasteiger charge is 2.33. The van der Waals surface area contributed by atoms with Gasteiger partial charge in [0.1, 0.15) is 19.0 Å². The van der Waals surface area contributed by atoms with E-state index in [0.29, 0.717) is 37.0 Å². The van der Waals surface area contributed by atoms with Crippen LogP contribution in [-0.4, -0.2) is 37.9 Å². The van der Waals surface area contributed by atoms with Crippen molar-refractivity contribution in [3.05, 3.63) is 30.3 Å². The summed E-state index contributed by atoms with van der Waals surface area (Å²) in [6, 6.07) is 5.47. The first-order valence-electron chi connectivity index (χ1n) is 7.50. The molecular formula is C15H15N5O4. The molecule has 4 rings (SSSR count). The molecule has 0 aromatic heterocycles. The molecule has 9 heteroatoms. The fourth-order valence-corrected chi connectivity index (χ4v) is 2.78. The Morgan fingerprint density at radius 3 is 3.12 bits per heavy atom. The van der Waals surface area contributed by atoms with E-state index in [4.69, 9.17) is 9.47 Å². The maximum absolute atomic E-state index is 12.1. The van der Waals surface area contributed by atoms with Crippen LogP contribution in [0.2, 0.25) is 0 Å². The molecule has 0 unspecified atom stereocenters. The number of rotatable bonds is 3. The molecule has 3 heterocycles. The minimum absolute atomic E-state index is 0.157. The van der Waals surface area contributed by atoms with Crippen LogP contribution < -0.4 is 19.9 Å². The second-order valence-corrected chi connectivity index (χ2v) is 5.61. The number of benzene rings is 1. The molecule has 0 saturated carbocycles. The molecule has 9 nitrogen and oxygen atoms in total. The summed E-state index contributed by atoms with van der Waals surface area (Å²) in [6.45, 7) is 2.54. The van der Waals surface area contributed by atoms with Crippen LogP contribution in [0, 0.1) is 0 Å². The summed E-state index contributed by atoms with van der Waals surface area (Å²) in [5, 5.41) is 10.6. The molecule has 3 aliphatic heterocycles. The van der Waals surface area contributed by atoms with Gasteiger partial charge in [-0.15, -0.1) is 5.11 Å². The summed E-state index contributed by atoms with van der Waals surface area (Å²) in [6.07, 6.45) is 0.717. The van der Waals surface area contributed by atoms with Crippen LogP contribution in [0.15, 0.2) is 40.5 Å². The van der Waals surface area contributed by atoms with Crippen molar-refractivity contribution in [2.75, 3.05) is 29.6 Å². The van der Waals surface area contributed by atoms with Gasteiger partial charge in [0.2, 0.25) is 5.91 Å². The van der Waals surface area contributed by atoms with E-state index in [0.717, 1.165) is 5.69 Å². The van der Waals surface area contributed by atoms with Gasteiger partial charge in [0.15, 0.2) is 11.6 Å². The molecule has 0 aliphatic carbocycles. The molecule has 1 atom stereocenters. The molecule has 1 aromatic carbocycles. The Hall–Kier alpha value is -3.10. The maximum Gasteiger partial charge on any atom is 0.414 e. The molecule has 3 aliphatic rings. The average molecular weight is 329 g/mol. The lowest BCUT2D eigenvalue weighted by Gasteiger charge is -2.25. The summed E-state index contributed by atoms with van der Waals surface area (Å²) < 4.78 is 10.9. The first-order valence-corrected chi connectivity index (χ1v) is 7.50. The Morgan fingerprint density at radius 1 is 1.42 bits per heavy atom. The third kappa shape index (κ3) is 2.43. The van der Waals surface area contributed by atoms with Crippen molar-refractivity contribution >= 4 is 23.4 Å². The van der Waals surface area contributed by atoms with Crippen molar-refractivity contribution in [2.24, 2.45) is 10.2 Å². The van der Waals surface area contributed by atoms with Gasteiger partial charge in [-0.25, -0.2) is 4.79 Å². The highest BCUT2D eigenvalue weighted by atomic mass is 16.6. The highest BCUT2D eigenvalue weighted by Crippen LogP contribution is 2.40. The second kappa shape index (κ2) is 5.52. The summed E-state index contributed by atoms with van der Waals surface area (Å²) >= 11 is 0. The molecule has 124 valence electrons. The predicted molar refractivity (Wildman–Crippen MR) is 83.7 cm³/mol. The van der Waals surface area contributed by atoms with Gasteiger partial charge in [0.05, 0.1) is 24.5 Å². The maximum atomic E-state index is 12.1. The smallest absolute Gasteiger partial charge is 0.414 e. The number of ether oxygens (including phenoxy) is 2. The number of hydrogen-bond acceptors (Lipinski definition) is 7. The number of cyclic esters (lactones) is 1. The predicted octanol–water partition coefficient (Wildman–Crippen LogP) is 1.57. The van der Waals surface area contributed by atoms with Crippen molar-refractivity contribution < 1.29 is 19.1 Å². The number of azo groups is 1. The van der Waals surface area contributed by atoms with Gasteiger partial charge in [-0.2, -0.15) is 5.11 Å². The Morgan fingerprint density at radius 2 is 2.29 bits per heavy atom. The molecule has 0 spiro atoms. The van der Waals surface area contributed by atoms with E-state index in [-0.39, 0.29) is 12.0 Å². The van der Waals surface area contributed by atoms with Crippen LogP contribution in [-0.2, 0) is 9.53 Å². The van der Waals surface area contributed by atoms with Crippen LogP contribution in [0.25, 0.3) is 0 Å². The van der Waals surface area contributed by atoms with Crippen LogP contribution in [0.4, 0.5) is 16.2 Å². The summed E-state index contributed by atoms with van der Waals surface area (Å²) in [7, 11) is 0. The van der Waals surface area contributed by atoms with Gasteiger partial charge < -0.3 is 14.8 Å². The number of carbonyl (C=O) groups is 2. The third-order valence-electron chi connectivity index (χ3n) is 3.94. The quantitative estimate of drug-likeness (QED) is 0.908. The largest absolute Gasteiger partial charge is 0.459 e. The minimum atomic E-state index is -0.441. The lowest BCUT2D eigenvalue weighted by Crippen LogP contribution is -2.33. The molecular weight excluding hydrogens is 314 g/mol. The number of fused-ring (bicyclic) bond motifs is 3. The van der Waals surface area contributed by atoms with Crippen molar-refractivity contribution in [2.45, 2.75) is 13.0 Å². The van der Waals surface area contributed by atoms with E-state index in [1.807, 2.05) is 17.0 Å². The number of anilines is 2. The third-order valence-corrected chi connectivity index (χ3v) is 3.94. The topological polar surface area (TPSA) is 95.8 Å². The zero-order valence-corrected chi connectivity index (χ0v) is 12.9. The summed E-state index contributed by atoms with van der Waals surface area (Å²) in [5.74, 6) is 1.13. The molecule has 0 bridgehead atoms. The van der Waals surface area contributed by atoms with Gasteiger partial charge in [0, 0.05) is 13.0 Å². The van der Waals surface area contributed by atoms with Crippen molar-refractivity contribution in [1.82, 2.24) is 5.32 Å². The molecule has 24 heavy (non-hydrogen) atoms. The van der Waals surface area contributed by atoms with Crippen molar-refractivity contribution in [3.63, 3.8) is 0 Å². The van der Waals surface area contributed by atoms with Gasteiger partial charge in [-0.1, -0.05) is 0 Å². The van der Waals surface area contributed by atoms with Gasteiger partial charge in [-0.3, -0.25) is 14.6 Å². The fraction of sp³-hybridized carbons (Fsp3) is 0.333. The lowest BCUT2D eigenvalue weighted by molar-refractivity contribution is -0.119. The first kappa shape index (κ1) is 14.5. The van der Waals surface area contributed by atoms with E-state index >= 15 is 0 Å². The number of amides is 2. The summed E-state index contributed by atoms with van der Waals surface area (Å²) in [4.78, 5) is 26.5. The van der Waals surface area contributed by atoms with Gasteiger partial charge in [0.25, 0.3) is 0 Å². The molecule has 1 fully saturated rings. The van der Waals surface area contributed by atoms with E-state index in [1.165, 1.54) is 18.1 Å². The second-order valence-electron chi connectivity index (χ2n) is 5.61. The zero-order valence-electron chi connectivity index (χ0n) is 12.9. The Labute approximate surface area is 137 Å². The standard InChI is InChI=1S/C15H15N5O4/c1-9(21)16-5-11-6-19(15(22)24-11)10-2-3-12-13(4-10)23-7-14-18-17-8-20(12)14/h2-4,7,11H,5-6,8H2,1H3,(H,16,21)/t11-/m0/s1. The Kier molecular flexibility index (Phi) is 3.33. The van der Waals surface area contributed by atoms with Gasteiger partial charge in [-0.05, 0) is 12.1 Å².